The van der Waals surface area contributed by atoms with Crippen molar-refractivity contribution in [2.75, 3.05) is 36.4 Å². The normalized spacial score (nSPS) is 16.7. The summed E-state index contributed by atoms with van der Waals surface area (Å²) in [6.45, 7) is 6.89. The van der Waals surface area contributed by atoms with Gasteiger partial charge in [-0.2, -0.15) is 4.98 Å². The van der Waals surface area contributed by atoms with Crippen LogP contribution >= 0.6 is 0 Å². The van der Waals surface area contributed by atoms with E-state index in [1.54, 1.807) is 17.7 Å². The quantitative estimate of drug-likeness (QED) is 0.551. The molecule has 1 saturated carbocycles. The first-order valence-electron chi connectivity index (χ1n) is 11.8. The van der Waals surface area contributed by atoms with Gasteiger partial charge in [-0.3, -0.25) is 14.2 Å². The first kappa shape index (κ1) is 22.3. The van der Waals surface area contributed by atoms with Crippen molar-refractivity contribution < 1.29 is 9.53 Å². The molecule has 1 aliphatic carbocycles. The largest absolute Gasteiger partial charge is 0.420 e. The molecule has 0 atom stereocenters. The van der Waals surface area contributed by atoms with Gasteiger partial charge in [-0.15, -0.1) is 0 Å². The molecule has 0 spiro atoms. The maximum atomic E-state index is 13.4. The van der Waals surface area contributed by atoms with Gasteiger partial charge < -0.3 is 20.3 Å². The average molecular weight is 464 g/mol. The zero-order chi connectivity index (χ0) is 23.7. The zero-order valence-corrected chi connectivity index (χ0v) is 19.5. The lowest BCUT2D eigenvalue weighted by Crippen LogP contribution is -2.43. The van der Waals surface area contributed by atoms with Gasteiger partial charge in [0.05, 0.1) is 11.9 Å². The van der Waals surface area contributed by atoms with Crippen LogP contribution in [-0.2, 0) is 4.79 Å². The fraction of sp³-hybridized carbons (Fsp3) is 0.458. The highest BCUT2D eigenvalue weighted by molar-refractivity contribution is 5.83. The molecule has 2 aliphatic rings. The van der Waals surface area contributed by atoms with Crippen molar-refractivity contribution in [3.05, 3.63) is 40.4 Å². The van der Waals surface area contributed by atoms with E-state index in [0.29, 0.717) is 28.4 Å². The number of nitrogens with zero attached hydrogens (tertiary/aromatic N) is 5. The van der Waals surface area contributed by atoms with Crippen LogP contribution in [0.4, 0.5) is 17.5 Å². The lowest BCUT2D eigenvalue weighted by Gasteiger charge is -2.29. The second-order valence-corrected chi connectivity index (χ2v) is 8.86. The number of aromatic nitrogens is 4. The van der Waals surface area contributed by atoms with Crippen LogP contribution in [-0.4, -0.2) is 51.7 Å². The summed E-state index contributed by atoms with van der Waals surface area (Å²) in [6, 6.07) is 3.96. The Morgan fingerprint density at radius 1 is 1.15 bits per heavy atom. The minimum absolute atomic E-state index is 0.0177. The molecule has 1 aliphatic heterocycles. The minimum atomic E-state index is -0.521. The molecule has 10 nitrogen and oxygen atoms in total. The number of ether oxygens (including phenoxy) is 1. The van der Waals surface area contributed by atoms with E-state index in [0.717, 1.165) is 57.5 Å². The van der Waals surface area contributed by atoms with Crippen molar-refractivity contribution in [1.29, 1.82) is 0 Å². The maximum absolute atomic E-state index is 13.4. The van der Waals surface area contributed by atoms with Crippen molar-refractivity contribution >= 4 is 34.5 Å². The predicted octanol–water partition coefficient (Wildman–Crippen LogP) is 2.69. The highest BCUT2D eigenvalue weighted by atomic mass is 16.5. The molecule has 2 N–H and O–H groups in total. The van der Waals surface area contributed by atoms with E-state index in [2.05, 4.69) is 25.5 Å². The standard InChI is InChI=1S/C24H29N7O3/c1-15-19-14-27-24(28-20-8-7-18(13-26-20)30-11-9-25-10-12-30)29-22(19)31(17-5-3-4-6-17)23(33)21(15)34-16(2)32/h7-8,13-14,17,25H,3-6,9-12H2,1-2H3,(H,26,27,28,29). The van der Waals surface area contributed by atoms with Gasteiger partial charge in [0.25, 0.3) is 5.56 Å². The summed E-state index contributed by atoms with van der Waals surface area (Å²) < 4.78 is 6.99. The Labute approximate surface area is 197 Å². The number of pyridine rings is 2. The number of anilines is 3. The summed E-state index contributed by atoms with van der Waals surface area (Å²) >= 11 is 0. The molecule has 0 amide bonds. The number of fused-ring (bicyclic) bond motifs is 1. The number of esters is 1. The third-order valence-corrected chi connectivity index (χ3v) is 6.56. The lowest BCUT2D eigenvalue weighted by molar-refractivity contribution is -0.132. The van der Waals surface area contributed by atoms with Gasteiger partial charge in [-0.25, -0.2) is 9.97 Å². The topological polar surface area (TPSA) is 114 Å². The smallest absolute Gasteiger partial charge is 0.308 e. The van der Waals surface area contributed by atoms with E-state index in [9.17, 15) is 9.59 Å². The molecule has 10 heteroatoms. The fourth-order valence-corrected chi connectivity index (χ4v) is 4.82. The first-order valence-corrected chi connectivity index (χ1v) is 11.8. The number of hydrogen-bond acceptors (Lipinski definition) is 9. The first-order chi connectivity index (χ1) is 16.5. The summed E-state index contributed by atoms with van der Waals surface area (Å²) in [4.78, 5) is 41.0. The Morgan fingerprint density at radius 3 is 2.59 bits per heavy atom. The van der Waals surface area contributed by atoms with E-state index < -0.39 is 5.97 Å². The van der Waals surface area contributed by atoms with Crippen LogP contribution in [0.15, 0.2) is 29.3 Å². The van der Waals surface area contributed by atoms with Crippen LogP contribution in [0.1, 0.15) is 44.2 Å². The molecule has 178 valence electrons. The van der Waals surface area contributed by atoms with E-state index >= 15 is 0 Å². The number of rotatable bonds is 5. The third-order valence-electron chi connectivity index (χ3n) is 6.56. The fourth-order valence-electron chi connectivity index (χ4n) is 4.82. The number of hydrogen-bond donors (Lipinski definition) is 2. The summed E-state index contributed by atoms with van der Waals surface area (Å²) in [7, 11) is 0. The van der Waals surface area contributed by atoms with E-state index in [4.69, 9.17) is 9.72 Å². The van der Waals surface area contributed by atoms with Gasteiger partial charge in [0.2, 0.25) is 5.95 Å². The number of aryl methyl sites for hydroxylation is 1. The highest BCUT2D eigenvalue weighted by Gasteiger charge is 2.26. The second-order valence-electron chi connectivity index (χ2n) is 8.86. The van der Waals surface area contributed by atoms with E-state index in [-0.39, 0.29) is 17.4 Å². The molecule has 0 radical (unpaired) electrons. The number of piperazine rings is 1. The SMILES string of the molecule is CC(=O)Oc1c(C)c2cnc(Nc3ccc(N4CCNCC4)cn3)nc2n(C2CCCC2)c1=O. The van der Waals surface area contributed by atoms with Crippen LogP contribution in [0, 0.1) is 6.92 Å². The molecule has 34 heavy (non-hydrogen) atoms. The summed E-state index contributed by atoms with van der Waals surface area (Å²) in [5.74, 6) is 0.524. The van der Waals surface area contributed by atoms with Crippen molar-refractivity contribution in [1.82, 2.24) is 24.8 Å². The van der Waals surface area contributed by atoms with Gasteiger partial charge in [0, 0.05) is 56.3 Å². The van der Waals surface area contributed by atoms with Crippen LogP contribution < -0.4 is 25.8 Å². The van der Waals surface area contributed by atoms with Crippen molar-refractivity contribution in [3.63, 3.8) is 0 Å². The van der Waals surface area contributed by atoms with E-state index in [1.807, 2.05) is 18.3 Å². The minimum Gasteiger partial charge on any atom is -0.420 e. The molecule has 3 aromatic heterocycles. The molecular weight excluding hydrogens is 434 g/mol. The average Bonchev–Trinajstić information content (AvgIpc) is 3.37. The summed E-state index contributed by atoms with van der Waals surface area (Å²) in [5, 5.41) is 7.20. The summed E-state index contributed by atoms with van der Waals surface area (Å²) in [6.07, 6.45) is 7.40. The molecule has 0 unspecified atom stereocenters. The Bertz CT molecular complexity index is 1260. The monoisotopic (exact) mass is 463 g/mol. The Hall–Kier alpha value is -3.53. The van der Waals surface area contributed by atoms with Gasteiger partial charge >= 0.3 is 5.97 Å². The van der Waals surface area contributed by atoms with Gasteiger partial charge in [-0.05, 0) is 31.9 Å². The molecule has 0 aromatic carbocycles. The number of carbonyl (C=O) groups excluding carboxylic acids is 1. The highest BCUT2D eigenvalue weighted by Crippen LogP contribution is 2.33. The van der Waals surface area contributed by atoms with E-state index in [1.165, 1.54) is 6.92 Å². The number of nitrogens with one attached hydrogen (secondary N) is 2. The van der Waals surface area contributed by atoms with Crippen molar-refractivity contribution in [2.24, 2.45) is 0 Å². The second kappa shape index (κ2) is 9.38. The molecule has 3 aromatic rings. The van der Waals surface area contributed by atoms with Crippen molar-refractivity contribution in [2.45, 2.75) is 45.6 Å². The van der Waals surface area contributed by atoms with Crippen LogP contribution in [0.5, 0.6) is 5.75 Å². The third kappa shape index (κ3) is 4.33. The molecule has 0 bridgehead atoms. The lowest BCUT2D eigenvalue weighted by atomic mass is 10.1. The predicted molar refractivity (Wildman–Crippen MR) is 130 cm³/mol. The van der Waals surface area contributed by atoms with Gasteiger partial charge in [-0.1, -0.05) is 12.8 Å². The van der Waals surface area contributed by atoms with Gasteiger partial charge in [0.1, 0.15) is 11.5 Å². The Balaban J connectivity index is 1.50. The molecular formula is C24H29N7O3. The van der Waals surface area contributed by atoms with Crippen LogP contribution in [0.25, 0.3) is 11.0 Å². The van der Waals surface area contributed by atoms with Crippen LogP contribution in [0.3, 0.4) is 0 Å². The molecule has 2 fully saturated rings. The zero-order valence-electron chi connectivity index (χ0n) is 19.5. The van der Waals surface area contributed by atoms with Gasteiger partial charge in [0.15, 0.2) is 5.75 Å². The Morgan fingerprint density at radius 2 is 1.91 bits per heavy atom. The number of carbonyl (C=O) groups is 1. The molecule has 4 heterocycles. The van der Waals surface area contributed by atoms with Crippen molar-refractivity contribution in [3.8, 4) is 5.75 Å². The molecule has 1 saturated heterocycles. The Kier molecular flexibility index (Phi) is 6.14. The van der Waals surface area contributed by atoms with Crippen LogP contribution in [0.2, 0.25) is 0 Å². The maximum Gasteiger partial charge on any atom is 0.308 e. The molecule has 5 rings (SSSR count). The summed E-state index contributed by atoms with van der Waals surface area (Å²) in [5.41, 5.74) is 1.86.